The van der Waals surface area contributed by atoms with E-state index in [9.17, 15) is 19.2 Å². The minimum atomic E-state index is -1.39. The van der Waals surface area contributed by atoms with Gasteiger partial charge in [-0.15, -0.1) is 0 Å². The molecule has 4 N–H and O–H groups in total. The number of carbonyl (C=O) groups excluding carboxylic acids is 3. The predicted octanol–water partition coefficient (Wildman–Crippen LogP) is -2.18. The van der Waals surface area contributed by atoms with Gasteiger partial charge in [0.05, 0.1) is 6.61 Å². The standard InChI is InChI=1S/C13H19N3O6/c17-6-8(13(21)22)15-11(19)9-2-1-5-16(9)12(20)7-3-4-10(18)14-7/h7-9,17H,1-6H2,(H,14,18)(H,15,19)(H,21,22)/t7-,8-,9-/m0/s1. The Morgan fingerprint density at radius 1 is 1.36 bits per heavy atom. The van der Waals surface area contributed by atoms with Gasteiger partial charge in [0, 0.05) is 13.0 Å². The number of nitrogens with one attached hydrogen (secondary N) is 2. The summed E-state index contributed by atoms with van der Waals surface area (Å²) < 4.78 is 0. The third kappa shape index (κ3) is 3.35. The van der Waals surface area contributed by atoms with Crippen LogP contribution in [0.1, 0.15) is 25.7 Å². The van der Waals surface area contributed by atoms with E-state index in [2.05, 4.69) is 10.6 Å². The Morgan fingerprint density at radius 2 is 2.09 bits per heavy atom. The normalized spacial score (nSPS) is 25.7. The number of hydrogen-bond donors (Lipinski definition) is 4. The molecule has 0 unspecified atom stereocenters. The van der Waals surface area contributed by atoms with Gasteiger partial charge in [-0.3, -0.25) is 14.4 Å². The topological polar surface area (TPSA) is 136 Å². The van der Waals surface area contributed by atoms with Gasteiger partial charge in [-0.1, -0.05) is 0 Å². The lowest BCUT2D eigenvalue weighted by Crippen LogP contribution is -2.54. The zero-order valence-corrected chi connectivity index (χ0v) is 11.9. The molecular weight excluding hydrogens is 294 g/mol. The van der Waals surface area contributed by atoms with Gasteiger partial charge in [-0.25, -0.2) is 4.79 Å². The van der Waals surface area contributed by atoms with Crippen molar-refractivity contribution in [3.63, 3.8) is 0 Å². The smallest absolute Gasteiger partial charge is 0.328 e. The molecule has 9 heteroatoms. The second kappa shape index (κ2) is 6.73. The van der Waals surface area contributed by atoms with Crippen LogP contribution in [0.3, 0.4) is 0 Å². The van der Waals surface area contributed by atoms with E-state index in [0.29, 0.717) is 25.8 Å². The molecule has 0 bridgehead atoms. The van der Waals surface area contributed by atoms with E-state index >= 15 is 0 Å². The Labute approximate surface area is 126 Å². The van der Waals surface area contributed by atoms with Crippen LogP contribution in [0.4, 0.5) is 0 Å². The summed E-state index contributed by atoms with van der Waals surface area (Å²) in [5.74, 6) is -2.45. The summed E-state index contributed by atoms with van der Waals surface area (Å²) in [7, 11) is 0. The monoisotopic (exact) mass is 313 g/mol. The summed E-state index contributed by atoms with van der Waals surface area (Å²) in [6.45, 7) is -0.333. The lowest BCUT2D eigenvalue weighted by atomic mass is 10.1. The van der Waals surface area contributed by atoms with Crippen molar-refractivity contribution in [1.29, 1.82) is 0 Å². The van der Waals surface area contributed by atoms with Crippen molar-refractivity contribution < 1.29 is 29.4 Å². The average molecular weight is 313 g/mol. The van der Waals surface area contributed by atoms with Gasteiger partial charge in [0.25, 0.3) is 0 Å². The van der Waals surface area contributed by atoms with Crippen molar-refractivity contribution in [3.05, 3.63) is 0 Å². The number of carboxylic acid groups (broad SMARTS) is 1. The zero-order valence-electron chi connectivity index (χ0n) is 11.9. The summed E-state index contributed by atoms with van der Waals surface area (Å²) in [5, 5.41) is 22.6. The summed E-state index contributed by atoms with van der Waals surface area (Å²) in [6.07, 6.45) is 1.74. The predicted molar refractivity (Wildman–Crippen MR) is 72.6 cm³/mol. The number of aliphatic carboxylic acids is 1. The number of rotatable bonds is 5. The molecule has 3 amide bonds. The van der Waals surface area contributed by atoms with E-state index in [-0.39, 0.29) is 18.2 Å². The van der Waals surface area contributed by atoms with E-state index in [0.717, 1.165) is 0 Å². The Balaban J connectivity index is 2.00. The number of carboxylic acids is 1. The number of amides is 3. The fraction of sp³-hybridized carbons (Fsp3) is 0.692. The fourth-order valence-corrected chi connectivity index (χ4v) is 2.76. The molecule has 22 heavy (non-hydrogen) atoms. The van der Waals surface area contributed by atoms with Crippen molar-refractivity contribution in [2.24, 2.45) is 0 Å². The van der Waals surface area contributed by atoms with E-state index in [1.807, 2.05) is 0 Å². The molecule has 0 aromatic heterocycles. The minimum Gasteiger partial charge on any atom is -0.480 e. The molecule has 2 fully saturated rings. The molecule has 0 spiro atoms. The van der Waals surface area contributed by atoms with Crippen molar-refractivity contribution in [1.82, 2.24) is 15.5 Å². The quantitative estimate of drug-likeness (QED) is 0.455. The van der Waals surface area contributed by atoms with E-state index in [1.54, 1.807) is 0 Å². The van der Waals surface area contributed by atoms with Crippen LogP contribution in [0.25, 0.3) is 0 Å². The van der Waals surface area contributed by atoms with Crippen LogP contribution in [0, 0.1) is 0 Å². The second-order valence-corrected chi connectivity index (χ2v) is 5.43. The molecule has 0 radical (unpaired) electrons. The number of aliphatic hydroxyl groups is 1. The van der Waals surface area contributed by atoms with Crippen LogP contribution < -0.4 is 10.6 Å². The highest BCUT2D eigenvalue weighted by Gasteiger charge is 2.40. The molecule has 2 heterocycles. The maximum atomic E-state index is 12.4. The van der Waals surface area contributed by atoms with Gasteiger partial charge in [0.1, 0.15) is 18.1 Å². The number of carbonyl (C=O) groups is 4. The molecule has 122 valence electrons. The first kappa shape index (κ1) is 16.2. The maximum Gasteiger partial charge on any atom is 0.328 e. The molecule has 0 aromatic rings. The highest BCUT2D eigenvalue weighted by atomic mass is 16.4. The maximum absolute atomic E-state index is 12.4. The third-order valence-corrected chi connectivity index (χ3v) is 3.93. The van der Waals surface area contributed by atoms with Crippen LogP contribution in [0.5, 0.6) is 0 Å². The number of hydrogen-bond acceptors (Lipinski definition) is 5. The molecule has 2 saturated heterocycles. The first-order chi connectivity index (χ1) is 10.4. The Morgan fingerprint density at radius 3 is 2.64 bits per heavy atom. The van der Waals surface area contributed by atoms with Crippen molar-refractivity contribution in [3.8, 4) is 0 Å². The van der Waals surface area contributed by atoms with Crippen LogP contribution in [0.2, 0.25) is 0 Å². The molecule has 0 aromatic carbocycles. The van der Waals surface area contributed by atoms with E-state index in [1.165, 1.54) is 4.90 Å². The molecule has 0 saturated carbocycles. The van der Waals surface area contributed by atoms with Crippen molar-refractivity contribution >= 4 is 23.7 Å². The van der Waals surface area contributed by atoms with E-state index in [4.69, 9.17) is 10.2 Å². The molecule has 9 nitrogen and oxygen atoms in total. The van der Waals surface area contributed by atoms with Crippen molar-refractivity contribution in [2.75, 3.05) is 13.2 Å². The van der Waals surface area contributed by atoms with Gasteiger partial charge in [-0.2, -0.15) is 0 Å². The van der Waals surface area contributed by atoms with Crippen LogP contribution >= 0.6 is 0 Å². The zero-order chi connectivity index (χ0) is 16.3. The fourth-order valence-electron chi connectivity index (χ4n) is 2.76. The van der Waals surface area contributed by atoms with Crippen LogP contribution in [0.15, 0.2) is 0 Å². The SMILES string of the molecule is O=C1CC[C@@H](C(=O)N2CCC[C@H]2C(=O)N[C@@H](CO)C(=O)O)N1. The molecule has 2 rings (SSSR count). The average Bonchev–Trinajstić information content (AvgIpc) is 3.12. The molecule has 2 aliphatic heterocycles. The Hall–Kier alpha value is -2.16. The largest absolute Gasteiger partial charge is 0.480 e. The summed E-state index contributed by atoms with van der Waals surface area (Å²) in [6, 6.07) is -2.77. The van der Waals surface area contributed by atoms with Crippen molar-refractivity contribution in [2.45, 2.75) is 43.8 Å². The van der Waals surface area contributed by atoms with E-state index < -0.39 is 36.6 Å². The summed E-state index contributed by atoms with van der Waals surface area (Å²) in [4.78, 5) is 47.9. The minimum absolute atomic E-state index is 0.190. The van der Waals surface area contributed by atoms with Gasteiger partial charge >= 0.3 is 5.97 Å². The third-order valence-electron chi connectivity index (χ3n) is 3.93. The van der Waals surface area contributed by atoms with Gasteiger partial charge in [0.15, 0.2) is 0 Å². The molecule has 0 aliphatic carbocycles. The molecule has 3 atom stereocenters. The lowest BCUT2D eigenvalue weighted by molar-refractivity contribution is -0.145. The number of likely N-dealkylation sites (tertiary alicyclic amines) is 1. The Kier molecular flexibility index (Phi) is 4.96. The first-order valence-corrected chi connectivity index (χ1v) is 7.18. The number of aliphatic hydroxyl groups excluding tert-OH is 1. The highest BCUT2D eigenvalue weighted by Crippen LogP contribution is 2.21. The molecular formula is C13H19N3O6. The van der Waals surface area contributed by atoms with Crippen LogP contribution in [-0.4, -0.2) is 70.1 Å². The van der Waals surface area contributed by atoms with Gasteiger partial charge in [0.2, 0.25) is 17.7 Å². The number of nitrogens with zero attached hydrogens (tertiary/aromatic N) is 1. The van der Waals surface area contributed by atoms with Gasteiger partial charge in [-0.05, 0) is 19.3 Å². The van der Waals surface area contributed by atoms with Crippen LogP contribution in [-0.2, 0) is 19.2 Å². The second-order valence-electron chi connectivity index (χ2n) is 5.43. The van der Waals surface area contributed by atoms with Gasteiger partial charge < -0.3 is 25.7 Å². The Bertz CT molecular complexity index is 494. The summed E-state index contributed by atoms with van der Waals surface area (Å²) >= 11 is 0. The summed E-state index contributed by atoms with van der Waals surface area (Å²) in [5.41, 5.74) is 0. The first-order valence-electron chi connectivity index (χ1n) is 7.18. The lowest BCUT2D eigenvalue weighted by Gasteiger charge is -2.27. The molecule has 2 aliphatic rings. The highest BCUT2D eigenvalue weighted by molar-refractivity contribution is 5.95.